The summed E-state index contributed by atoms with van der Waals surface area (Å²) in [5.74, 6) is -0.771. The van der Waals surface area contributed by atoms with Gasteiger partial charge in [-0.25, -0.2) is 9.78 Å². The number of thiophene rings is 1. The SMILES string of the molecule is COCCOC(=O)c1sc2ncn(CC(=O)c3ccc(Cl)cc3)c(=O)c2c1C. The minimum absolute atomic E-state index is 0.121. The number of rotatable bonds is 7. The number of ketones is 1. The highest BCUT2D eigenvalue weighted by molar-refractivity contribution is 7.20. The molecular weight excluding hydrogens is 404 g/mol. The van der Waals surface area contributed by atoms with Crippen LogP contribution in [-0.4, -0.2) is 41.6 Å². The molecule has 0 atom stereocenters. The molecule has 0 radical (unpaired) electrons. The van der Waals surface area contributed by atoms with Gasteiger partial charge in [-0.1, -0.05) is 11.6 Å². The normalized spacial score (nSPS) is 11.0. The van der Waals surface area contributed by atoms with Gasteiger partial charge in [0.2, 0.25) is 0 Å². The summed E-state index contributed by atoms with van der Waals surface area (Å²) >= 11 is 6.92. The number of aryl methyl sites for hydroxylation is 1. The predicted octanol–water partition coefficient (Wildman–Crippen LogP) is 3.11. The maximum absolute atomic E-state index is 12.9. The van der Waals surface area contributed by atoms with Crippen LogP contribution in [0.3, 0.4) is 0 Å². The fourth-order valence-electron chi connectivity index (χ4n) is 2.63. The van der Waals surface area contributed by atoms with Crippen molar-refractivity contribution in [3.8, 4) is 0 Å². The van der Waals surface area contributed by atoms with Crippen molar-refractivity contribution in [2.24, 2.45) is 0 Å². The summed E-state index contributed by atoms with van der Waals surface area (Å²) in [7, 11) is 1.51. The van der Waals surface area contributed by atoms with Crippen molar-refractivity contribution >= 4 is 44.9 Å². The van der Waals surface area contributed by atoms with Gasteiger partial charge in [0.05, 0.1) is 24.9 Å². The molecule has 0 aliphatic rings. The zero-order valence-corrected chi connectivity index (χ0v) is 16.8. The third kappa shape index (κ3) is 4.14. The summed E-state index contributed by atoms with van der Waals surface area (Å²) < 4.78 is 11.2. The number of Topliss-reactive ketones (excluding diaryl/α,β-unsaturated/α-hetero) is 1. The highest BCUT2D eigenvalue weighted by atomic mass is 35.5. The number of hydrogen-bond donors (Lipinski definition) is 0. The smallest absolute Gasteiger partial charge is 0.348 e. The molecule has 0 aliphatic heterocycles. The first-order valence-corrected chi connectivity index (χ1v) is 9.55. The number of hydrogen-bond acceptors (Lipinski definition) is 7. The van der Waals surface area contributed by atoms with E-state index in [2.05, 4.69) is 4.98 Å². The molecule has 2 heterocycles. The third-order valence-electron chi connectivity index (χ3n) is 4.10. The Morgan fingerprint density at radius 2 is 1.93 bits per heavy atom. The molecule has 28 heavy (non-hydrogen) atoms. The van der Waals surface area contributed by atoms with Gasteiger partial charge in [0.1, 0.15) is 16.3 Å². The number of halogens is 1. The van der Waals surface area contributed by atoms with E-state index in [-0.39, 0.29) is 31.1 Å². The lowest BCUT2D eigenvalue weighted by Crippen LogP contribution is -2.24. The Labute approximate surface area is 169 Å². The van der Waals surface area contributed by atoms with E-state index >= 15 is 0 Å². The molecule has 0 amide bonds. The molecular formula is C19H17ClN2O5S. The third-order valence-corrected chi connectivity index (χ3v) is 5.54. The molecule has 0 aliphatic carbocycles. The van der Waals surface area contributed by atoms with Crippen molar-refractivity contribution in [1.29, 1.82) is 0 Å². The van der Waals surface area contributed by atoms with E-state index in [1.807, 2.05) is 0 Å². The van der Waals surface area contributed by atoms with E-state index < -0.39 is 5.97 Å². The molecule has 0 saturated carbocycles. The Kier molecular flexibility index (Phi) is 6.23. The average molecular weight is 421 g/mol. The second-order valence-electron chi connectivity index (χ2n) is 5.97. The molecule has 146 valence electrons. The first kappa shape index (κ1) is 20.2. The van der Waals surface area contributed by atoms with Crippen LogP contribution in [0.15, 0.2) is 35.4 Å². The quantitative estimate of drug-likeness (QED) is 0.331. The lowest BCUT2D eigenvalue weighted by atomic mass is 10.1. The maximum Gasteiger partial charge on any atom is 0.348 e. The van der Waals surface area contributed by atoms with Gasteiger partial charge in [0.25, 0.3) is 5.56 Å². The van der Waals surface area contributed by atoms with Gasteiger partial charge < -0.3 is 9.47 Å². The van der Waals surface area contributed by atoms with Gasteiger partial charge in [0, 0.05) is 17.7 Å². The number of nitrogens with zero attached hydrogens (tertiary/aromatic N) is 2. The molecule has 0 fully saturated rings. The minimum Gasteiger partial charge on any atom is -0.459 e. The van der Waals surface area contributed by atoms with Crippen molar-refractivity contribution in [3.63, 3.8) is 0 Å². The molecule has 0 bridgehead atoms. The first-order chi connectivity index (χ1) is 13.4. The second-order valence-corrected chi connectivity index (χ2v) is 7.41. The number of carbonyl (C=O) groups is 2. The maximum atomic E-state index is 12.9. The van der Waals surface area contributed by atoms with Crippen LogP contribution in [0.5, 0.6) is 0 Å². The Balaban J connectivity index is 1.89. The van der Waals surface area contributed by atoms with Crippen molar-refractivity contribution in [1.82, 2.24) is 9.55 Å². The highest BCUT2D eigenvalue weighted by Crippen LogP contribution is 2.27. The van der Waals surface area contributed by atoms with Gasteiger partial charge in [0.15, 0.2) is 5.78 Å². The molecule has 3 aromatic rings. The number of methoxy groups -OCH3 is 1. The van der Waals surface area contributed by atoms with Gasteiger partial charge in [-0.2, -0.15) is 0 Å². The number of fused-ring (bicyclic) bond motifs is 1. The lowest BCUT2D eigenvalue weighted by molar-refractivity contribution is 0.0393. The zero-order valence-electron chi connectivity index (χ0n) is 15.2. The zero-order chi connectivity index (χ0) is 20.3. The van der Waals surface area contributed by atoms with E-state index in [0.29, 0.717) is 31.2 Å². The van der Waals surface area contributed by atoms with Gasteiger partial charge in [-0.05, 0) is 36.8 Å². The van der Waals surface area contributed by atoms with E-state index in [9.17, 15) is 14.4 Å². The van der Waals surface area contributed by atoms with Crippen LogP contribution in [0.2, 0.25) is 5.02 Å². The summed E-state index contributed by atoms with van der Waals surface area (Å²) in [4.78, 5) is 42.5. The largest absolute Gasteiger partial charge is 0.459 e. The monoisotopic (exact) mass is 420 g/mol. The molecule has 7 nitrogen and oxygen atoms in total. The fourth-order valence-corrected chi connectivity index (χ4v) is 3.79. The summed E-state index contributed by atoms with van der Waals surface area (Å²) in [6, 6.07) is 6.43. The average Bonchev–Trinajstić information content (AvgIpc) is 3.02. The fraction of sp³-hybridized carbons (Fsp3) is 0.263. The van der Waals surface area contributed by atoms with Crippen LogP contribution >= 0.6 is 22.9 Å². The summed E-state index contributed by atoms with van der Waals surface area (Å²) in [6.07, 6.45) is 1.31. The Morgan fingerprint density at radius 3 is 2.61 bits per heavy atom. The highest BCUT2D eigenvalue weighted by Gasteiger charge is 2.21. The van der Waals surface area contributed by atoms with E-state index in [4.69, 9.17) is 21.1 Å². The first-order valence-electron chi connectivity index (χ1n) is 8.35. The van der Waals surface area contributed by atoms with Crippen LogP contribution in [0.4, 0.5) is 0 Å². The van der Waals surface area contributed by atoms with Crippen LogP contribution < -0.4 is 5.56 Å². The Bertz CT molecular complexity index is 1090. The van der Waals surface area contributed by atoms with Gasteiger partial charge >= 0.3 is 5.97 Å². The van der Waals surface area contributed by atoms with Crippen LogP contribution in [0, 0.1) is 6.92 Å². The van der Waals surface area contributed by atoms with E-state index in [1.54, 1.807) is 31.2 Å². The van der Waals surface area contributed by atoms with Gasteiger partial charge in [-0.15, -0.1) is 11.3 Å². The molecule has 9 heteroatoms. The standard InChI is InChI=1S/C19H17ClN2O5S/c1-11-15-17(28-16(11)19(25)27-8-7-26-2)21-10-22(18(15)24)9-14(23)12-3-5-13(20)6-4-12/h3-6,10H,7-9H2,1-2H3. The van der Waals surface area contributed by atoms with Crippen molar-refractivity contribution < 1.29 is 19.1 Å². The molecule has 0 unspecified atom stereocenters. The number of esters is 1. The van der Waals surface area contributed by atoms with Crippen LogP contribution in [0.25, 0.3) is 10.2 Å². The number of carbonyl (C=O) groups excluding carboxylic acids is 2. The number of benzene rings is 1. The topological polar surface area (TPSA) is 87.5 Å². The Morgan fingerprint density at radius 1 is 1.21 bits per heavy atom. The molecule has 2 aromatic heterocycles. The van der Waals surface area contributed by atoms with E-state index in [0.717, 1.165) is 11.3 Å². The van der Waals surface area contributed by atoms with Gasteiger partial charge in [-0.3, -0.25) is 14.2 Å². The number of aromatic nitrogens is 2. The molecule has 0 spiro atoms. The predicted molar refractivity (Wildman–Crippen MR) is 107 cm³/mol. The van der Waals surface area contributed by atoms with Crippen LogP contribution in [0.1, 0.15) is 25.6 Å². The summed E-state index contributed by atoms with van der Waals surface area (Å²) in [5.41, 5.74) is 0.561. The lowest BCUT2D eigenvalue weighted by Gasteiger charge is -2.05. The van der Waals surface area contributed by atoms with Crippen molar-refractivity contribution in [3.05, 3.63) is 62.0 Å². The molecule has 1 aromatic carbocycles. The van der Waals surface area contributed by atoms with Crippen molar-refractivity contribution in [2.45, 2.75) is 13.5 Å². The van der Waals surface area contributed by atoms with Crippen LogP contribution in [-0.2, 0) is 16.0 Å². The van der Waals surface area contributed by atoms with Crippen molar-refractivity contribution in [2.75, 3.05) is 20.3 Å². The molecule has 0 saturated heterocycles. The second kappa shape index (κ2) is 8.64. The number of ether oxygens (including phenoxy) is 2. The minimum atomic E-state index is -0.527. The molecule has 3 rings (SSSR count). The summed E-state index contributed by atoms with van der Waals surface area (Å²) in [6.45, 7) is 1.91. The van der Waals surface area contributed by atoms with E-state index in [1.165, 1.54) is 18.0 Å². The molecule has 0 N–H and O–H groups in total. The summed E-state index contributed by atoms with van der Waals surface area (Å²) in [5, 5.41) is 0.839. The Hall–Kier alpha value is -2.55.